The van der Waals surface area contributed by atoms with E-state index in [4.69, 9.17) is 4.74 Å². The minimum atomic E-state index is -0.747. The molecule has 0 aliphatic rings. The lowest BCUT2D eigenvalue weighted by Crippen LogP contribution is -2.26. The number of carbonyl (C=O) groups excluding carboxylic acids is 1. The molecule has 6 heteroatoms. The molecule has 6 nitrogen and oxygen atoms in total. The van der Waals surface area contributed by atoms with Gasteiger partial charge in [0.05, 0.1) is 16.6 Å². The molecule has 28 heavy (non-hydrogen) atoms. The zero-order chi connectivity index (χ0) is 19.5. The number of para-hydroxylation sites is 2. The summed E-state index contributed by atoms with van der Waals surface area (Å²) in [4.78, 5) is 25.7. The zero-order valence-corrected chi connectivity index (χ0v) is 14.6. The Bertz CT molecular complexity index is 1290. The number of aromatic nitrogens is 2. The largest absolute Gasteiger partial charge is 0.420 e. The average molecular weight is 367 g/mol. The molecule has 0 atom stereocenters. The van der Waals surface area contributed by atoms with Crippen LogP contribution in [0.1, 0.15) is 16.1 Å². The highest BCUT2D eigenvalue weighted by Gasteiger charge is 2.20. The van der Waals surface area contributed by atoms with Gasteiger partial charge < -0.3 is 4.74 Å². The second kappa shape index (κ2) is 7.17. The van der Waals surface area contributed by atoms with Crippen LogP contribution in [0.2, 0.25) is 0 Å². The van der Waals surface area contributed by atoms with Crippen molar-refractivity contribution in [2.75, 3.05) is 0 Å². The van der Waals surface area contributed by atoms with E-state index in [1.54, 1.807) is 66.7 Å². The molecule has 0 saturated heterocycles. The number of nitriles is 1. The van der Waals surface area contributed by atoms with Gasteiger partial charge in [0, 0.05) is 5.39 Å². The number of nitrogens with zero attached hydrogens (tertiary/aromatic N) is 3. The van der Waals surface area contributed by atoms with E-state index in [1.807, 2.05) is 12.1 Å². The maximum absolute atomic E-state index is 12.9. The molecular weight excluding hydrogens is 354 g/mol. The van der Waals surface area contributed by atoms with Gasteiger partial charge in [-0.15, -0.1) is 0 Å². The monoisotopic (exact) mass is 367 g/mol. The zero-order valence-electron chi connectivity index (χ0n) is 14.6. The van der Waals surface area contributed by atoms with Gasteiger partial charge in [-0.05, 0) is 30.3 Å². The molecule has 4 rings (SSSR count). The smallest absolute Gasteiger partial charge is 0.364 e. The third-order valence-corrected chi connectivity index (χ3v) is 4.21. The van der Waals surface area contributed by atoms with Crippen LogP contribution in [0.15, 0.2) is 83.7 Å². The molecule has 0 radical (unpaired) electrons. The van der Waals surface area contributed by atoms with E-state index in [2.05, 4.69) is 5.10 Å². The number of hydrogen-bond acceptors (Lipinski definition) is 5. The van der Waals surface area contributed by atoms with Crippen LogP contribution in [0.5, 0.6) is 5.75 Å². The lowest BCUT2D eigenvalue weighted by molar-refractivity contribution is 0.0728. The van der Waals surface area contributed by atoms with Crippen molar-refractivity contribution in [1.29, 1.82) is 5.26 Å². The van der Waals surface area contributed by atoms with Crippen LogP contribution in [0.4, 0.5) is 0 Å². The fraction of sp³-hybridized carbons (Fsp3) is 0. The van der Waals surface area contributed by atoms with E-state index in [9.17, 15) is 14.9 Å². The summed E-state index contributed by atoms with van der Waals surface area (Å²) < 4.78 is 6.60. The van der Waals surface area contributed by atoms with Crippen LogP contribution < -0.4 is 10.3 Å². The van der Waals surface area contributed by atoms with Crippen molar-refractivity contribution < 1.29 is 9.53 Å². The highest BCUT2D eigenvalue weighted by atomic mass is 16.5. The average Bonchev–Trinajstić information content (AvgIpc) is 2.75. The molecular formula is C22H13N3O3. The Morgan fingerprint density at radius 3 is 2.29 bits per heavy atom. The lowest BCUT2D eigenvalue weighted by Gasteiger charge is -2.11. The van der Waals surface area contributed by atoms with Crippen molar-refractivity contribution in [3.63, 3.8) is 0 Å². The molecule has 0 aliphatic carbocycles. The van der Waals surface area contributed by atoms with Gasteiger partial charge in [0.15, 0.2) is 5.69 Å². The van der Waals surface area contributed by atoms with E-state index >= 15 is 0 Å². The van der Waals surface area contributed by atoms with Crippen molar-refractivity contribution >= 4 is 16.7 Å². The molecule has 0 bridgehead atoms. The van der Waals surface area contributed by atoms with Gasteiger partial charge >= 0.3 is 5.97 Å². The number of esters is 1. The van der Waals surface area contributed by atoms with Gasteiger partial charge in [0.2, 0.25) is 0 Å². The Labute approximate surface area is 159 Å². The van der Waals surface area contributed by atoms with Crippen molar-refractivity contribution in [2.24, 2.45) is 0 Å². The third-order valence-electron chi connectivity index (χ3n) is 4.21. The van der Waals surface area contributed by atoms with Crippen LogP contribution in [-0.2, 0) is 0 Å². The summed E-state index contributed by atoms with van der Waals surface area (Å²) in [5, 5.41) is 14.2. The fourth-order valence-electron chi connectivity index (χ4n) is 2.88. The Balaban J connectivity index is 1.89. The van der Waals surface area contributed by atoms with Crippen molar-refractivity contribution in [2.45, 2.75) is 0 Å². The van der Waals surface area contributed by atoms with E-state index in [1.165, 1.54) is 10.7 Å². The normalized spacial score (nSPS) is 10.4. The number of fused-ring (bicyclic) bond motifs is 1. The molecule has 134 valence electrons. The first-order valence-corrected chi connectivity index (χ1v) is 8.48. The summed E-state index contributed by atoms with van der Waals surface area (Å²) in [7, 11) is 0. The highest BCUT2D eigenvalue weighted by Crippen LogP contribution is 2.21. The van der Waals surface area contributed by atoms with Crippen molar-refractivity contribution in [3.05, 3.63) is 100 Å². The van der Waals surface area contributed by atoms with Crippen LogP contribution in [-0.4, -0.2) is 15.7 Å². The van der Waals surface area contributed by atoms with Crippen molar-refractivity contribution in [1.82, 2.24) is 9.78 Å². The molecule has 0 fully saturated rings. The molecule has 0 spiro atoms. The van der Waals surface area contributed by atoms with Gasteiger partial charge in [-0.1, -0.05) is 48.5 Å². The van der Waals surface area contributed by atoms with Crippen molar-refractivity contribution in [3.8, 4) is 17.5 Å². The SMILES string of the molecule is N#Cc1ccccc1OC(=O)c1nn(-c2ccccc2)c(=O)c2ccccc12. The third kappa shape index (κ3) is 3.02. The molecule has 0 amide bonds. The van der Waals surface area contributed by atoms with Crippen LogP contribution >= 0.6 is 0 Å². The minimum Gasteiger partial charge on any atom is -0.420 e. The van der Waals surface area contributed by atoms with Crippen LogP contribution in [0.3, 0.4) is 0 Å². The number of rotatable bonds is 3. The Hall–Kier alpha value is -4.24. The number of hydrogen-bond donors (Lipinski definition) is 0. The van der Waals surface area contributed by atoms with Gasteiger partial charge in [-0.25, -0.2) is 4.79 Å². The first-order chi connectivity index (χ1) is 13.7. The highest BCUT2D eigenvalue weighted by molar-refractivity contribution is 6.03. The first kappa shape index (κ1) is 17.2. The predicted octanol–water partition coefficient (Wildman–Crippen LogP) is 3.48. The lowest BCUT2D eigenvalue weighted by atomic mass is 10.1. The Morgan fingerprint density at radius 1 is 0.893 bits per heavy atom. The van der Waals surface area contributed by atoms with Gasteiger partial charge in [0.25, 0.3) is 5.56 Å². The second-order valence-corrected chi connectivity index (χ2v) is 5.94. The molecule has 0 N–H and O–H groups in total. The summed E-state index contributed by atoms with van der Waals surface area (Å²) in [6.07, 6.45) is 0. The maximum Gasteiger partial charge on any atom is 0.364 e. The van der Waals surface area contributed by atoms with E-state index < -0.39 is 5.97 Å². The summed E-state index contributed by atoms with van der Waals surface area (Å²) >= 11 is 0. The minimum absolute atomic E-state index is 0.00760. The summed E-state index contributed by atoms with van der Waals surface area (Å²) in [6, 6.07) is 24.0. The molecule has 0 unspecified atom stereocenters. The first-order valence-electron chi connectivity index (χ1n) is 8.48. The van der Waals surface area contributed by atoms with Crippen LogP contribution in [0.25, 0.3) is 16.5 Å². The number of ether oxygens (including phenoxy) is 1. The van der Waals surface area contributed by atoms with Gasteiger partial charge in [-0.3, -0.25) is 4.79 Å². The Morgan fingerprint density at radius 2 is 1.54 bits per heavy atom. The Kier molecular flexibility index (Phi) is 4.40. The van der Waals surface area contributed by atoms with Crippen LogP contribution in [0, 0.1) is 11.3 Å². The van der Waals surface area contributed by atoms with Gasteiger partial charge in [-0.2, -0.15) is 15.0 Å². The molecule has 4 aromatic rings. The van der Waals surface area contributed by atoms with E-state index in [0.717, 1.165) is 0 Å². The van der Waals surface area contributed by atoms with Gasteiger partial charge in [0.1, 0.15) is 11.8 Å². The summed E-state index contributed by atoms with van der Waals surface area (Å²) in [6.45, 7) is 0. The topological polar surface area (TPSA) is 85.0 Å². The quantitative estimate of drug-likeness (QED) is 0.409. The number of carbonyl (C=O) groups is 1. The van der Waals surface area contributed by atoms with E-state index in [-0.39, 0.29) is 22.6 Å². The molecule has 1 aromatic heterocycles. The maximum atomic E-state index is 12.9. The summed E-state index contributed by atoms with van der Waals surface area (Å²) in [5.41, 5.74) is 0.420. The molecule has 0 aliphatic heterocycles. The molecule has 0 saturated carbocycles. The number of benzene rings is 3. The molecule has 1 heterocycles. The summed E-state index contributed by atoms with van der Waals surface area (Å²) in [5.74, 6) is -0.609. The molecule has 3 aromatic carbocycles. The standard InChI is InChI=1S/C22H13N3O3/c23-14-15-8-4-7-13-19(15)28-22(27)20-17-11-5-6-12-18(17)21(26)25(24-20)16-9-2-1-3-10-16/h1-13H. The predicted molar refractivity (Wildman–Crippen MR) is 103 cm³/mol. The fourth-order valence-corrected chi connectivity index (χ4v) is 2.88. The van der Waals surface area contributed by atoms with E-state index in [0.29, 0.717) is 16.5 Å². The second-order valence-electron chi connectivity index (χ2n) is 5.94.